The van der Waals surface area contributed by atoms with Crippen molar-refractivity contribution in [3.05, 3.63) is 99.2 Å². The Balaban J connectivity index is 0.935. The zero-order chi connectivity index (χ0) is 41.7. The maximum Gasteiger partial charge on any atom is 0.255 e. The van der Waals surface area contributed by atoms with E-state index in [9.17, 15) is 32.8 Å². The molecule has 2 fully saturated rings. The number of benzene rings is 3. The van der Waals surface area contributed by atoms with E-state index in [-0.39, 0.29) is 67.2 Å². The summed E-state index contributed by atoms with van der Waals surface area (Å²) in [4.78, 5) is 74.4. The SMILES string of the molecule is CNC(=O)C(CCC=O)N(C)C(=O)c1cc2c(cc1C=O)CN(C(=O)CN1CCC13CN(c1cc(F)c(C4c5[nH]c6ccccc6c5CCN4CC(F)F)c(F)c1)C3)C2. The summed E-state index contributed by atoms with van der Waals surface area (Å²) in [5, 5.41) is 3.41. The number of H-pyrrole nitrogens is 1. The van der Waals surface area contributed by atoms with E-state index in [0.717, 1.165) is 28.5 Å². The summed E-state index contributed by atoms with van der Waals surface area (Å²) in [5.41, 5.74) is 3.54. The Labute approximate surface area is 338 Å². The van der Waals surface area contributed by atoms with Gasteiger partial charge in [0.15, 0.2) is 6.29 Å². The van der Waals surface area contributed by atoms with Crippen LogP contribution < -0.4 is 10.2 Å². The minimum absolute atomic E-state index is 0.0679. The molecule has 8 rings (SSSR count). The first-order valence-electron chi connectivity index (χ1n) is 19.8. The number of hydrogen-bond donors (Lipinski definition) is 2. The molecule has 0 saturated carbocycles. The van der Waals surface area contributed by atoms with Gasteiger partial charge >= 0.3 is 0 Å². The lowest BCUT2D eigenvalue weighted by Crippen LogP contribution is -2.77. The number of anilines is 1. The number of halogens is 4. The Kier molecular flexibility index (Phi) is 10.8. The molecule has 12 nitrogen and oxygen atoms in total. The summed E-state index contributed by atoms with van der Waals surface area (Å²) in [5.74, 6) is -2.78. The van der Waals surface area contributed by atoms with Crippen molar-refractivity contribution >= 4 is 46.9 Å². The van der Waals surface area contributed by atoms with Crippen LogP contribution in [0.25, 0.3) is 10.9 Å². The van der Waals surface area contributed by atoms with Crippen molar-refractivity contribution in [2.45, 2.75) is 62.8 Å². The van der Waals surface area contributed by atoms with Crippen LogP contribution in [0, 0.1) is 11.6 Å². The molecule has 4 aliphatic heterocycles. The van der Waals surface area contributed by atoms with Gasteiger partial charge in [-0.15, -0.1) is 0 Å². The highest BCUT2D eigenvalue weighted by Crippen LogP contribution is 2.45. The van der Waals surface area contributed by atoms with Crippen LogP contribution in [0.1, 0.15) is 74.0 Å². The summed E-state index contributed by atoms with van der Waals surface area (Å²) < 4.78 is 59.8. The highest BCUT2D eigenvalue weighted by molar-refractivity contribution is 6.03. The fourth-order valence-corrected chi connectivity index (χ4v) is 9.46. The summed E-state index contributed by atoms with van der Waals surface area (Å²) in [7, 11) is 2.88. The largest absolute Gasteiger partial charge is 0.368 e. The number of rotatable bonds is 13. The second kappa shape index (κ2) is 15.9. The Morgan fingerprint density at radius 3 is 2.37 bits per heavy atom. The van der Waals surface area contributed by atoms with Gasteiger partial charge < -0.3 is 29.8 Å². The van der Waals surface area contributed by atoms with E-state index in [2.05, 4.69) is 15.2 Å². The summed E-state index contributed by atoms with van der Waals surface area (Å²) >= 11 is 0. The number of nitrogens with one attached hydrogen (secondary N) is 2. The van der Waals surface area contributed by atoms with E-state index in [1.54, 1.807) is 17.0 Å². The maximum absolute atomic E-state index is 16.2. The molecule has 5 heterocycles. The second-order valence-corrected chi connectivity index (χ2v) is 16.0. The zero-order valence-electron chi connectivity index (χ0n) is 32.8. The number of carbonyl (C=O) groups excluding carboxylic acids is 5. The van der Waals surface area contributed by atoms with Crippen LogP contribution in [0.5, 0.6) is 0 Å². The van der Waals surface area contributed by atoms with E-state index in [0.29, 0.717) is 55.6 Å². The molecule has 0 bridgehead atoms. The van der Waals surface area contributed by atoms with Crippen LogP contribution >= 0.6 is 0 Å². The quantitative estimate of drug-likeness (QED) is 0.150. The number of amides is 3. The minimum Gasteiger partial charge on any atom is -0.368 e. The summed E-state index contributed by atoms with van der Waals surface area (Å²) in [6.45, 7) is 1.71. The van der Waals surface area contributed by atoms with Gasteiger partial charge in [0.1, 0.15) is 24.0 Å². The van der Waals surface area contributed by atoms with Crippen LogP contribution in [-0.2, 0) is 33.9 Å². The Morgan fingerprint density at radius 2 is 1.73 bits per heavy atom. The van der Waals surface area contributed by atoms with Crippen molar-refractivity contribution in [3.63, 3.8) is 0 Å². The van der Waals surface area contributed by atoms with Gasteiger partial charge in [0, 0.05) is 93.2 Å². The van der Waals surface area contributed by atoms with Gasteiger partial charge in [-0.25, -0.2) is 17.6 Å². The molecule has 3 amide bonds. The van der Waals surface area contributed by atoms with E-state index in [4.69, 9.17) is 0 Å². The van der Waals surface area contributed by atoms with Crippen molar-refractivity contribution in [2.24, 2.45) is 0 Å². The normalized spacial score (nSPS) is 18.9. The lowest BCUT2D eigenvalue weighted by atomic mass is 9.77. The zero-order valence-corrected chi connectivity index (χ0v) is 32.8. The van der Waals surface area contributed by atoms with Gasteiger partial charge in [0.2, 0.25) is 11.8 Å². The third kappa shape index (κ3) is 7.15. The lowest BCUT2D eigenvalue weighted by Gasteiger charge is -2.63. The highest BCUT2D eigenvalue weighted by Gasteiger charge is 2.54. The Morgan fingerprint density at radius 1 is 1.02 bits per heavy atom. The number of hydrogen-bond acceptors (Lipinski definition) is 8. The van der Waals surface area contributed by atoms with Gasteiger partial charge in [-0.2, -0.15) is 0 Å². The molecule has 3 aromatic carbocycles. The monoisotopic (exact) mass is 815 g/mol. The molecule has 2 saturated heterocycles. The minimum atomic E-state index is -2.69. The number of alkyl halides is 2. The molecule has 1 aromatic heterocycles. The molecule has 4 aromatic rings. The van der Waals surface area contributed by atoms with Crippen LogP contribution in [0.2, 0.25) is 0 Å². The smallest absolute Gasteiger partial charge is 0.255 e. The standard InChI is InChI=1S/C43H45F4N7O5/c1-48-41(58)35(8-5-13-55)50(2)42(59)31-15-26-19-52(18-25(26)14-27(31)22-56)37(57)21-54-12-10-43(54)23-53(24-43)28-16-32(44)38(33(45)17-28)40-39-30(9-11-51(40)20-36(46)47)29-6-3-4-7-34(29)49-39/h3-4,6-7,13-17,22,35-36,40,49H,5,8-12,18-21,23-24H2,1-2H3,(H,48,58). The number of aromatic amines is 1. The molecule has 4 aliphatic rings. The van der Waals surface area contributed by atoms with Crippen LogP contribution in [0.3, 0.4) is 0 Å². The first-order valence-corrected chi connectivity index (χ1v) is 19.8. The fourth-order valence-electron chi connectivity index (χ4n) is 9.46. The van der Waals surface area contributed by atoms with Crippen molar-refractivity contribution < 1.29 is 41.5 Å². The predicted octanol–water partition coefficient (Wildman–Crippen LogP) is 4.44. The number of aromatic nitrogens is 1. The van der Waals surface area contributed by atoms with Gasteiger partial charge in [-0.3, -0.25) is 29.0 Å². The topological polar surface area (TPSA) is 129 Å². The average Bonchev–Trinajstić information content (AvgIpc) is 3.79. The molecule has 16 heteroatoms. The van der Waals surface area contributed by atoms with Gasteiger partial charge in [0.25, 0.3) is 12.3 Å². The van der Waals surface area contributed by atoms with Gasteiger partial charge in [-0.1, -0.05) is 18.2 Å². The van der Waals surface area contributed by atoms with Gasteiger partial charge in [-0.05, 0) is 66.3 Å². The molecular weight excluding hydrogens is 771 g/mol. The third-order valence-corrected chi connectivity index (χ3v) is 12.7. The Bertz CT molecular complexity index is 2320. The molecule has 2 atom stereocenters. The number of fused-ring (bicyclic) bond motifs is 4. The molecule has 1 spiro atoms. The van der Waals surface area contributed by atoms with E-state index in [1.165, 1.54) is 36.0 Å². The Hall–Kier alpha value is -5.61. The molecule has 0 radical (unpaired) electrons. The van der Waals surface area contributed by atoms with Crippen molar-refractivity contribution in [2.75, 3.05) is 58.3 Å². The molecule has 59 heavy (non-hydrogen) atoms. The van der Waals surface area contributed by atoms with Crippen molar-refractivity contribution in [3.8, 4) is 0 Å². The predicted molar refractivity (Wildman–Crippen MR) is 210 cm³/mol. The number of aldehydes is 2. The number of nitrogens with zero attached hydrogens (tertiary/aromatic N) is 5. The van der Waals surface area contributed by atoms with Crippen molar-refractivity contribution in [1.82, 2.24) is 29.9 Å². The maximum atomic E-state index is 16.2. The number of para-hydroxylation sites is 1. The van der Waals surface area contributed by atoms with Crippen LogP contribution in [0.4, 0.5) is 23.2 Å². The first-order chi connectivity index (χ1) is 28.4. The van der Waals surface area contributed by atoms with E-state index >= 15 is 8.78 Å². The fraction of sp³-hybridized carbons (Fsp3) is 0.419. The summed E-state index contributed by atoms with van der Waals surface area (Å²) in [6.07, 6.45) is -0.00447. The number of carbonyl (C=O) groups is 5. The average molecular weight is 816 g/mol. The van der Waals surface area contributed by atoms with Crippen LogP contribution in [0.15, 0.2) is 48.5 Å². The van der Waals surface area contributed by atoms with E-state index in [1.807, 2.05) is 29.2 Å². The van der Waals surface area contributed by atoms with Crippen LogP contribution in [-0.4, -0.2) is 126 Å². The summed E-state index contributed by atoms with van der Waals surface area (Å²) in [6, 6.07) is 11.2. The number of likely N-dealkylation sites (N-methyl/N-ethyl adjacent to an activating group) is 2. The molecular formula is C43H45F4N7O5. The third-order valence-electron chi connectivity index (χ3n) is 12.7. The molecule has 2 N–H and O–H groups in total. The first kappa shape index (κ1) is 40.2. The second-order valence-electron chi connectivity index (χ2n) is 16.0. The molecule has 0 aliphatic carbocycles. The van der Waals surface area contributed by atoms with E-state index < -0.39 is 48.5 Å². The number of likely N-dealkylation sites (tertiary alicyclic amines) is 1. The van der Waals surface area contributed by atoms with Crippen molar-refractivity contribution in [1.29, 1.82) is 0 Å². The lowest BCUT2D eigenvalue weighted by molar-refractivity contribution is -0.139. The molecule has 2 unspecified atom stereocenters. The highest BCUT2D eigenvalue weighted by atomic mass is 19.3. The van der Waals surface area contributed by atoms with Gasteiger partial charge in [0.05, 0.1) is 30.2 Å². The molecule has 310 valence electrons.